The molecule has 1 unspecified atom stereocenters. The summed E-state index contributed by atoms with van der Waals surface area (Å²) < 4.78 is 8.16. The molecular formula is C29H31N5O2S. The molecule has 190 valence electrons. The van der Waals surface area contributed by atoms with E-state index >= 15 is 0 Å². The Morgan fingerprint density at radius 2 is 1.86 bits per heavy atom. The molecule has 7 nitrogen and oxygen atoms in total. The second-order valence-electron chi connectivity index (χ2n) is 9.63. The number of hydrogen-bond donors (Lipinski definition) is 1. The van der Waals surface area contributed by atoms with Gasteiger partial charge < -0.3 is 9.30 Å². The van der Waals surface area contributed by atoms with Crippen LogP contribution in [0, 0.1) is 11.3 Å². The van der Waals surface area contributed by atoms with Crippen LogP contribution in [-0.2, 0) is 11.3 Å². The van der Waals surface area contributed by atoms with Gasteiger partial charge in [0, 0.05) is 28.6 Å². The average Bonchev–Trinajstić information content (AvgIpc) is 3.49. The molecule has 0 bridgehead atoms. The molecule has 3 aromatic rings. The van der Waals surface area contributed by atoms with E-state index in [1.165, 1.54) is 22.3 Å². The summed E-state index contributed by atoms with van der Waals surface area (Å²) in [6.07, 6.45) is 4.88. The van der Waals surface area contributed by atoms with Crippen molar-refractivity contribution < 1.29 is 9.53 Å². The van der Waals surface area contributed by atoms with Gasteiger partial charge in [0.05, 0.1) is 12.1 Å². The molecule has 0 saturated carbocycles. The van der Waals surface area contributed by atoms with Crippen LogP contribution < -0.4 is 4.74 Å². The van der Waals surface area contributed by atoms with E-state index in [0.29, 0.717) is 24.2 Å². The van der Waals surface area contributed by atoms with Gasteiger partial charge in [-0.2, -0.15) is 15.1 Å². The first kappa shape index (κ1) is 25.0. The third-order valence-electron chi connectivity index (χ3n) is 6.75. The summed E-state index contributed by atoms with van der Waals surface area (Å²) in [5.41, 5.74) is 3.46. The molecule has 5 rings (SSSR count). The van der Waals surface area contributed by atoms with E-state index in [4.69, 9.17) is 10.1 Å². The maximum atomic E-state index is 12.9. The first-order valence-electron chi connectivity index (χ1n) is 12.7. The lowest BCUT2D eigenvalue weighted by Gasteiger charge is -2.20. The number of rotatable bonds is 8. The zero-order valence-corrected chi connectivity index (χ0v) is 22.4. The summed E-state index contributed by atoms with van der Waals surface area (Å²) in [5, 5.41) is 17.0. The van der Waals surface area contributed by atoms with Gasteiger partial charge in [-0.3, -0.25) is 10.2 Å². The van der Waals surface area contributed by atoms with Crippen molar-refractivity contribution in [3.05, 3.63) is 71.4 Å². The molecular weight excluding hydrogens is 482 g/mol. The van der Waals surface area contributed by atoms with E-state index in [-0.39, 0.29) is 17.3 Å². The number of amidine groups is 2. The first-order chi connectivity index (χ1) is 17.9. The number of amides is 1. The molecule has 2 aliphatic heterocycles. The van der Waals surface area contributed by atoms with Gasteiger partial charge in [-0.15, -0.1) is 0 Å². The van der Waals surface area contributed by atoms with E-state index < -0.39 is 5.91 Å². The van der Waals surface area contributed by atoms with Crippen molar-refractivity contribution in [1.82, 2.24) is 9.58 Å². The van der Waals surface area contributed by atoms with Crippen LogP contribution in [0.3, 0.4) is 0 Å². The zero-order valence-electron chi connectivity index (χ0n) is 21.6. The fraction of sp³-hybridized carbons (Fsp3) is 0.310. The van der Waals surface area contributed by atoms with Crippen molar-refractivity contribution in [2.24, 2.45) is 16.0 Å². The molecule has 37 heavy (non-hydrogen) atoms. The third kappa shape index (κ3) is 4.98. The summed E-state index contributed by atoms with van der Waals surface area (Å²) in [7, 11) is 0. The number of aliphatic imine (C=N–C) groups is 1. The Bertz CT molecular complexity index is 1450. The molecule has 1 aromatic heterocycles. The highest BCUT2D eigenvalue weighted by molar-refractivity contribution is 8.27. The fourth-order valence-corrected chi connectivity index (χ4v) is 5.25. The second kappa shape index (κ2) is 10.4. The zero-order chi connectivity index (χ0) is 26.1. The quantitative estimate of drug-likeness (QED) is 0.348. The second-order valence-corrected chi connectivity index (χ2v) is 10.6. The van der Waals surface area contributed by atoms with Gasteiger partial charge in [-0.05, 0) is 53.9 Å². The summed E-state index contributed by atoms with van der Waals surface area (Å²) >= 11 is 1.35. The van der Waals surface area contributed by atoms with E-state index in [9.17, 15) is 4.79 Å². The van der Waals surface area contributed by atoms with E-state index in [0.717, 1.165) is 33.7 Å². The Kier molecular flexibility index (Phi) is 7.02. The lowest BCUT2D eigenvalue weighted by atomic mass is 9.99. The van der Waals surface area contributed by atoms with Crippen LogP contribution in [0.1, 0.15) is 51.2 Å². The van der Waals surface area contributed by atoms with Crippen molar-refractivity contribution in [2.45, 2.75) is 46.6 Å². The van der Waals surface area contributed by atoms with Gasteiger partial charge in [0.2, 0.25) is 5.17 Å². The average molecular weight is 514 g/mol. The number of nitrogens with one attached hydrogen (secondary N) is 1. The molecule has 8 heteroatoms. The van der Waals surface area contributed by atoms with Crippen LogP contribution in [-0.4, -0.2) is 38.1 Å². The maximum absolute atomic E-state index is 12.9. The molecule has 2 aliphatic rings. The number of ether oxygens (including phenoxy) is 1. The minimum atomic E-state index is -0.412. The van der Waals surface area contributed by atoms with Gasteiger partial charge >= 0.3 is 0 Å². The van der Waals surface area contributed by atoms with Crippen molar-refractivity contribution in [3.63, 3.8) is 0 Å². The summed E-state index contributed by atoms with van der Waals surface area (Å²) in [5.74, 6) is 1.23. The standard InChI is InChI=1S/C29H31N5O2S/c1-5-19(4)20-10-12-22(13-11-20)36-15-14-33-17-21(23-8-6-7-9-25(23)33)16-24-26(30)34-29(31-27(24)35)37-28(32-34)18(2)3/h6-13,16-19,30H,5,14-15H2,1-4H3. The molecule has 2 aromatic carbocycles. The molecule has 3 heterocycles. The molecule has 0 radical (unpaired) electrons. The topological polar surface area (TPSA) is 83.0 Å². The Balaban J connectivity index is 1.36. The molecule has 0 aliphatic carbocycles. The largest absolute Gasteiger partial charge is 0.492 e. The Morgan fingerprint density at radius 3 is 2.59 bits per heavy atom. The summed E-state index contributed by atoms with van der Waals surface area (Å²) in [6.45, 7) is 9.65. The number of hydrazone groups is 1. The molecule has 0 spiro atoms. The summed E-state index contributed by atoms with van der Waals surface area (Å²) in [6, 6.07) is 16.4. The number of fused-ring (bicyclic) bond motifs is 2. The number of para-hydroxylation sites is 1. The van der Waals surface area contributed by atoms with Gasteiger partial charge in [-0.25, -0.2) is 0 Å². The van der Waals surface area contributed by atoms with Gasteiger partial charge in [0.25, 0.3) is 5.91 Å². The van der Waals surface area contributed by atoms with Crippen LogP contribution in [0.25, 0.3) is 17.0 Å². The SMILES string of the molecule is CCC(C)c1ccc(OCCn2cc(C=C3C(=N)N4N=C(C(C)C)SC4=NC3=O)c3ccccc32)cc1. The Hall–Kier alpha value is -3.65. The third-order valence-corrected chi connectivity index (χ3v) is 7.95. The van der Waals surface area contributed by atoms with Crippen molar-refractivity contribution in [2.75, 3.05) is 6.61 Å². The van der Waals surface area contributed by atoms with Crippen molar-refractivity contribution in [3.8, 4) is 5.75 Å². The first-order valence-corrected chi connectivity index (χ1v) is 13.5. The van der Waals surface area contributed by atoms with Crippen LogP contribution >= 0.6 is 11.8 Å². The molecule has 1 amide bonds. The Morgan fingerprint density at radius 1 is 1.11 bits per heavy atom. The highest BCUT2D eigenvalue weighted by atomic mass is 32.2. The number of hydrogen-bond acceptors (Lipinski definition) is 5. The van der Waals surface area contributed by atoms with E-state index in [1.54, 1.807) is 6.08 Å². The van der Waals surface area contributed by atoms with Gasteiger partial charge in [-0.1, -0.05) is 58.0 Å². The number of carbonyl (C=O) groups is 1. The van der Waals surface area contributed by atoms with Crippen LogP contribution in [0.4, 0.5) is 0 Å². The maximum Gasteiger partial charge on any atom is 0.283 e. The predicted molar refractivity (Wildman–Crippen MR) is 152 cm³/mol. The number of nitrogens with zero attached hydrogens (tertiary/aromatic N) is 4. The van der Waals surface area contributed by atoms with Crippen LogP contribution in [0.15, 0.2) is 70.4 Å². The highest BCUT2D eigenvalue weighted by Gasteiger charge is 2.36. The molecule has 0 fully saturated rings. The Labute approximate surface area is 221 Å². The minimum Gasteiger partial charge on any atom is -0.492 e. The van der Waals surface area contributed by atoms with Crippen molar-refractivity contribution in [1.29, 1.82) is 5.41 Å². The number of aromatic nitrogens is 1. The lowest BCUT2D eigenvalue weighted by molar-refractivity contribution is -0.114. The molecule has 1 N–H and O–H groups in total. The summed E-state index contributed by atoms with van der Waals surface area (Å²) in [4.78, 5) is 17.1. The lowest BCUT2D eigenvalue weighted by Crippen LogP contribution is -2.35. The van der Waals surface area contributed by atoms with Crippen molar-refractivity contribution >= 4 is 50.7 Å². The van der Waals surface area contributed by atoms with Crippen LogP contribution in [0.5, 0.6) is 5.75 Å². The normalized spacial score (nSPS) is 17.4. The van der Waals surface area contributed by atoms with Gasteiger partial charge in [0.15, 0.2) is 5.84 Å². The number of benzene rings is 2. The van der Waals surface area contributed by atoms with Crippen LogP contribution in [0.2, 0.25) is 0 Å². The monoisotopic (exact) mass is 513 g/mol. The predicted octanol–water partition coefficient (Wildman–Crippen LogP) is 6.51. The minimum absolute atomic E-state index is 0.0548. The van der Waals surface area contributed by atoms with E-state index in [2.05, 4.69) is 46.7 Å². The highest BCUT2D eigenvalue weighted by Crippen LogP contribution is 2.32. The smallest absolute Gasteiger partial charge is 0.283 e. The molecule has 0 saturated heterocycles. The van der Waals surface area contributed by atoms with Gasteiger partial charge in [0.1, 0.15) is 17.4 Å². The van der Waals surface area contributed by atoms with E-state index in [1.807, 2.05) is 50.4 Å². The number of carbonyl (C=O) groups excluding carboxylic acids is 1. The number of thioether (sulfide) groups is 1. The fourth-order valence-electron chi connectivity index (χ4n) is 4.36. The molecule has 1 atom stereocenters.